The first-order chi connectivity index (χ1) is 16.0. The molecule has 6 heteroatoms. The van der Waals surface area contributed by atoms with Crippen molar-refractivity contribution in [1.29, 1.82) is 0 Å². The Morgan fingerprint density at radius 3 is 2.33 bits per heavy atom. The van der Waals surface area contributed by atoms with Crippen molar-refractivity contribution in [2.75, 3.05) is 23.3 Å². The van der Waals surface area contributed by atoms with Gasteiger partial charge < -0.3 is 19.9 Å². The highest BCUT2D eigenvalue weighted by Gasteiger charge is 2.11. The third kappa shape index (κ3) is 5.17. The molecule has 0 saturated heterocycles. The molecule has 3 aromatic carbocycles. The van der Waals surface area contributed by atoms with Gasteiger partial charge in [0.1, 0.15) is 11.6 Å². The predicted octanol–water partition coefficient (Wildman–Crippen LogP) is 6.12. The van der Waals surface area contributed by atoms with E-state index in [1.807, 2.05) is 80.6 Å². The van der Waals surface area contributed by atoms with Crippen molar-refractivity contribution in [1.82, 2.24) is 9.97 Å². The molecular weight excluding hydrogens is 412 g/mol. The van der Waals surface area contributed by atoms with Gasteiger partial charge in [0, 0.05) is 35.6 Å². The minimum Gasteiger partial charge on any atom is -0.491 e. The number of nitrogens with zero attached hydrogens (tertiary/aromatic N) is 2. The topological polar surface area (TPSA) is 70.2 Å². The molecule has 0 fully saturated rings. The highest BCUT2D eigenvalue weighted by atomic mass is 16.5. The van der Waals surface area contributed by atoms with E-state index in [1.165, 1.54) is 0 Å². The summed E-state index contributed by atoms with van der Waals surface area (Å²) in [5, 5.41) is 2.98. The Morgan fingerprint density at radius 1 is 1.00 bits per heavy atom. The number of benzene rings is 3. The Labute approximate surface area is 194 Å². The van der Waals surface area contributed by atoms with Crippen LogP contribution in [0.25, 0.3) is 22.4 Å². The first-order valence-electron chi connectivity index (χ1n) is 11.4. The zero-order chi connectivity index (χ0) is 23.4. The molecule has 0 aliphatic heterocycles. The number of hydrogen-bond donors (Lipinski definition) is 2. The molecule has 0 aliphatic carbocycles. The summed E-state index contributed by atoms with van der Waals surface area (Å²) in [6.07, 6.45) is 0.135. The molecule has 6 nitrogen and oxygen atoms in total. The van der Waals surface area contributed by atoms with Crippen LogP contribution in [-0.4, -0.2) is 35.1 Å². The maximum atomic E-state index is 12.7. The summed E-state index contributed by atoms with van der Waals surface area (Å²) < 4.78 is 5.71. The second kappa shape index (κ2) is 9.77. The number of imidazole rings is 1. The molecular formula is C27H30N4O2. The van der Waals surface area contributed by atoms with E-state index in [1.54, 1.807) is 0 Å². The van der Waals surface area contributed by atoms with Gasteiger partial charge in [0.15, 0.2) is 0 Å². The zero-order valence-corrected chi connectivity index (χ0v) is 19.6. The van der Waals surface area contributed by atoms with Crippen LogP contribution in [0, 0.1) is 0 Å². The summed E-state index contributed by atoms with van der Waals surface area (Å²) in [4.78, 5) is 23.0. The highest BCUT2D eigenvalue weighted by molar-refractivity contribution is 6.05. The molecule has 0 bridgehead atoms. The van der Waals surface area contributed by atoms with Crippen molar-refractivity contribution in [2.24, 2.45) is 0 Å². The van der Waals surface area contributed by atoms with E-state index in [-0.39, 0.29) is 12.0 Å². The Kier molecular flexibility index (Phi) is 6.63. The number of nitrogens with one attached hydrogen (secondary N) is 2. The van der Waals surface area contributed by atoms with Crippen LogP contribution in [0.15, 0.2) is 66.7 Å². The van der Waals surface area contributed by atoms with Crippen LogP contribution >= 0.6 is 0 Å². The predicted molar refractivity (Wildman–Crippen MR) is 135 cm³/mol. The fraction of sp³-hybridized carbons (Fsp3) is 0.259. The molecule has 170 valence electrons. The molecule has 33 heavy (non-hydrogen) atoms. The van der Waals surface area contributed by atoms with Crippen molar-refractivity contribution >= 4 is 28.3 Å². The molecule has 0 atom stereocenters. The molecule has 1 aromatic heterocycles. The molecule has 1 heterocycles. The van der Waals surface area contributed by atoms with Crippen molar-refractivity contribution in [2.45, 2.75) is 33.8 Å². The van der Waals surface area contributed by atoms with Crippen molar-refractivity contribution in [3.05, 3.63) is 72.3 Å². The molecule has 0 spiro atoms. The number of carbonyl (C=O) groups is 1. The molecule has 0 saturated carbocycles. The van der Waals surface area contributed by atoms with Gasteiger partial charge in [-0.15, -0.1) is 0 Å². The molecule has 0 unspecified atom stereocenters. The van der Waals surface area contributed by atoms with E-state index < -0.39 is 0 Å². The lowest BCUT2D eigenvalue weighted by Gasteiger charge is -2.21. The number of amides is 1. The maximum Gasteiger partial charge on any atom is 0.255 e. The number of fused-ring (bicyclic) bond motifs is 1. The Hall–Kier alpha value is -3.80. The summed E-state index contributed by atoms with van der Waals surface area (Å²) in [6, 6.07) is 21.3. The lowest BCUT2D eigenvalue weighted by Crippen LogP contribution is -2.21. The second-order valence-corrected chi connectivity index (χ2v) is 8.18. The second-order valence-electron chi connectivity index (χ2n) is 8.18. The van der Waals surface area contributed by atoms with Gasteiger partial charge in [-0.05, 0) is 94.4 Å². The normalized spacial score (nSPS) is 11.1. The van der Waals surface area contributed by atoms with Crippen LogP contribution in [0.5, 0.6) is 5.75 Å². The van der Waals surface area contributed by atoms with Gasteiger partial charge in [-0.3, -0.25) is 4.79 Å². The Balaban J connectivity index is 1.48. The number of aromatic nitrogens is 2. The monoisotopic (exact) mass is 442 g/mol. The molecule has 1 amide bonds. The van der Waals surface area contributed by atoms with E-state index in [9.17, 15) is 4.79 Å². The maximum absolute atomic E-state index is 12.7. The number of rotatable bonds is 8. The molecule has 0 aliphatic rings. The average molecular weight is 443 g/mol. The van der Waals surface area contributed by atoms with E-state index in [2.05, 4.69) is 34.0 Å². The minimum atomic E-state index is -0.138. The Bertz CT molecular complexity index is 1220. The number of carbonyl (C=O) groups excluding carboxylic acids is 1. The minimum absolute atomic E-state index is 0.135. The standard InChI is InChI=1S/C27H30N4O2/c1-5-31(6-2)22-12-7-20(8-13-22)27(32)28-21-11-16-24-25(17-21)30-26(29-24)19-9-14-23(15-10-19)33-18(3)4/h7-18H,5-6H2,1-4H3,(H,28,32)(H,29,30). The van der Waals surface area contributed by atoms with Gasteiger partial charge >= 0.3 is 0 Å². The van der Waals surface area contributed by atoms with Gasteiger partial charge in [-0.2, -0.15) is 0 Å². The van der Waals surface area contributed by atoms with E-state index in [4.69, 9.17) is 4.74 Å². The van der Waals surface area contributed by atoms with Gasteiger partial charge in [0.2, 0.25) is 0 Å². The van der Waals surface area contributed by atoms with Crippen molar-refractivity contribution in [3.8, 4) is 17.1 Å². The van der Waals surface area contributed by atoms with E-state index >= 15 is 0 Å². The molecule has 0 radical (unpaired) electrons. The van der Waals surface area contributed by atoms with Gasteiger partial charge in [0.05, 0.1) is 17.1 Å². The highest BCUT2D eigenvalue weighted by Crippen LogP contribution is 2.25. The fourth-order valence-electron chi connectivity index (χ4n) is 3.80. The summed E-state index contributed by atoms with van der Waals surface area (Å²) in [6.45, 7) is 10.1. The summed E-state index contributed by atoms with van der Waals surface area (Å²) in [5.41, 5.74) is 5.14. The number of H-pyrrole nitrogens is 1. The number of aromatic amines is 1. The molecule has 4 aromatic rings. The SMILES string of the molecule is CCN(CC)c1ccc(C(=O)Nc2ccc3nc(-c4ccc(OC(C)C)cc4)[nH]c3c2)cc1. The van der Waals surface area contributed by atoms with E-state index in [0.29, 0.717) is 5.56 Å². The lowest BCUT2D eigenvalue weighted by molar-refractivity contribution is 0.102. The number of anilines is 2. The van der Waals surface area contributed by atoms with E-state index in [0.717, 1.165) is 52.6 Å². The number of ether oxygens (including phenoxy) is 1. The zero-order valence-electron chi connectivity index (χ0n) is 19.6. The van der Waals surface area contributed by atoms with Gasteiger partial charge in [-0.25, -0.2) is 4.98 Å². The van der Waals surface area contributed by atoms with Crippen LogP contribution < -0.4 is 15.0 Å². The van der Waals surface area contributed by atoms with Gasteiger partial charge in [0.25, 0.3) is 5.91 Å². The van der Waals surface area contributed by atoms with Gasteiger partial charge in [-0.1, -0.05) is 0 Å². The molecule has 4 rings (SSSR count). The van der Waals surface area contributed by atoms with Crippen LogP contribution in [-0.2, 0) is 0 Å². The quantitative estimate of drug-likeness (QED) is 0.345. The molecule has 2 N–H and O–H groups in total. The largest absolute Gasteiger partial charge is 0.491 e. The van der Waals surface area contributed by atoms with Crippen molar-refractivity contribution in [3.63, 3.8) is 0 Å². The van der Waals surface area contributed by atoms with Crippen molar-refractivity contribution < 1.29 is 9.53 Å². The first-order valence-corrected chi connectivity index (χ1v) is 11.4. The van der Waals surface area contributed by atoms with Crippen LogP contribution in [0.2, 0.25) is 0 Å². The third-order valence-electron chi connectivity index (χ3n) is 5.50. The summed E-state index contributed by atoms with van der Waals surface area (Å²) in [7, 11) is 0. The first kappa shape index (κ1) is 22.4. The van der Waals surface area contributed by atoms with Crippen LogP contribution in [0.4, 0.5) is 11.4 Å². The number of hydrogen-bond acceptors (Lipinski definition) is 4. The summed E-state index contributed by atoms with van der Waals surface area (Å²) in [5.74, 6) is 1.47. The van der Waals surface area contributed by atoms with Crippen LogP contribution in [0.1, 0.15) is 38.1 Å². The fourth-order valence-corrected chi connectivity index (χ4v) is 3.80. The smallest absolute Gasteiger partial charge is 0.255 e. The van der Waals surface area contributed by atoms with Crippen LogP contribution in [0.3, 0.4) is 0 Å². The lowest BCUT2D eigenvalue weighted by atomic mass is 10.1. The third-order valence-corrected chi connectivity index (χ3v) is 5.50. The average Bonchev–Trinajstić information content (AvgIpc) is 3.24. The summed E-state index contributed by atoms with van der Waals surface area (Å²) >= 11 is 0. The Morgan fingerprint density at radius 2 is 1.70 bits per heavy atom.